The second kappa shape index (κ2) is 2.77. The number of hydrogen-bond acceptors (Lipinski definition) is 4. The molecule has 0 saturated carbocycles. The Morgan fingerprint density at radius 3 is 1.36 bits per heavy atom. The largest absolute Gasteiger partial charge is 0.530 e. The van der Waals surface area contributed by atoms with Crippen molar-refractivity contribution >= 4 is 12.2 Å². The molecular formula is C6H9NO4-2. The van der Waals surface area contributed by atoms with Gasteiger partial charge < -0.3 is 24.7 Å². The van der Waals surface area contributed by atoms with Crippen LogP contribution in [0, 0.1) is 0 Å². The molecule has 0 N–H and O–H groups in total. The van der Waals surface area contributed by atoms with Gasteiger partial charge in [-0.3, -0.25) is 0 Å². The molecule has 0 unspecified atom stereocenters. The first kappa shape index (κ1) is 9.74. The van der Waals surface area contributed by atoms with E-state index >= 15 is 0 Å². The summed E-state index contributed by atoms with van der Waals surface area (Å²) in [6, 6.07) is 0. The molecule has 11 heavy (non-hydrogen) atoms. The van der Waals surface area contributed by atoms with Crippen LogP contribution in [0.5, 0.6) is 0 Å². The van der Waals surface area contributed by atoms with Crippen LogP contribution in [0.15, 0.2) is 0 Å². The second-order valence-electron chi connectivity index (χ2n) is 3.04. The van der Waals surface area contributed by atoms with Crippen molar-refractivity contribution in [1.82, 2.24) is 4.90 Å². The lowest BCUT2D eigenvalue weighted by Gasteiger charge is -2.37. The Labute approximate surface area is 64.2 Å². The minimum absolute atomic E-state index is 0.132. The summed E-state index contributed by atoms with van der Waals surface area (Å²) in [5.41, 5.74) is -1.03. The number of carbonyl (C=O) groups excluding carboxylic acids is 2. The van der Waals surface area contributed by atoms with Gasteiger partial charge in [-0.1, -0.05) is 0 Å². The number of imide groups is 1. The van der Waals surface area contributed by atoms with E-state index in [2.05, 4.69) is 0 Å². The summed E-state index contributed by atoms with van der Waals surface area (Å²) in [4.78, 5) is 20.5. The quantitative estimate of drug-likeness (QED) is 0.443. The van der Waals surface area contributed by atoms with Gasteiger partial charge >= 0.3 is 0 Å². The average molecular weight is 159 g/mol. The molecule has 0 spiro atoms. The van der Waals surface area contributed by atoms with Crippen LogP contribution >= 0.6 is 0 Å². The van der Waals surface area contributed by atoms with Crippen LogP contribution in [0.4, 0.5) is 9.59 Å². The maximum absolute atomic E-state index is 10.2. The van der Waals surface area contributed by atoms with Crippen LogP contribution < -0.4 is 10.2 Å². The van der Waals surface area contributed by atoms with Crippen molar-refractivity contribution in [3.8, 4) is 0 Å². The van der Waals surface area contributed by atoms with Crippen molar-refractivity contribution in [2.45, 2.75) is 26.3 Å². The van der Waals surface area contributed by atoms with Gasteiger partial charge in [0, 0.05) is 5.54 Å². The van der Waals surface area contributed by atoms with Gasteiger partial charge in [-0.2, -0.15) is 0 Å². The number of hydrogen-bond donors (Lipinski definition) is 0. The van der Waals surface area contributed by atoms with Gasteiger partial charge in [0.2, 0.25) is 0 Å². The first-order valence-electron chi connectivity index (χ1n) is 2.99. The maximum atomic E-state index is 10.2. The fourth-order valence-electron chi connectivity index (χ4n) is 0.622. The van der Waals surface area contributed by atoms with Gasteiger partial charge in [0.15, 0.2) is 0 Å². The summed E-state index contributed by atoms with van der Waals surface area (Å²) in [6.07, 6.45) is -3.53. The van der Waals surface area contributed by atoms with Crippen molar-refractivity contribution in [2.24, 2.45) is 0 Å². The second-order valence-corrected chi connectivity index (χ2v) is 3.04. The summed E-state index contributed by atoms with van der Waals surface area (Å²) >= 11 is 0. The molecule has 0 heterocycles. The van der Waals surface area contributed by atoms with Crippen molar-refractivity contribution in [3.05, 3.63) is 0 Å². The molecule has 5 nitrogen and oxygen atoms in total. The van der Waals surface area contributed by atoms with E-state index < -0.39 is 17.7 Å². The van der Waals surface area contributed by atoms with Crippen molar-refractivity contribution in [1.29, 1.82) is 0 Å². The van der Waals surface area contributed by atoms with Crippen molar-refractivity contribution in [3.63, 3.8) is 0 Å². The summed E-state index contributed by atoms with van der Waals surface area (Å²) in [5.74, 6) is 0. The molecule has 0 aliphatic carbocycles. The minimum atomic E-state index is -1.77. The zero-order valence-electron chi connectivity index (χ0n) is 6.58. The highest BCUT2D eigenvalue weighted by molar-refractivity contribution is 5.84. The Balaban J connectivity index is 4.63. The molecule has 0 aliphatic rings. The van der Waals surface area contributed by atoms with Gasteiger partial charge in [0.05, 0.1) is 0 Å². The van der Waals surface area contributed by atoms with Crippen LogP contribution in [0.25, 0.3) is 0 Å². The topological polar surface area (TPSA) is 83.5 Å². The molecule has 64 valence electrons. The molecular weight excluding hydrogens is 150 g/mol. The van der Waals surface area contributed by atoms with Crippen LogP contribution in [-0.4, -0.2) is 22.6 Å². The summed E-state index contributed by atoms with van der Waals surface area (Å²) in [7, 11) is 0. The Kier molecular flexibility index (Phi) is 2.46. The summed E-state index contributed by atoms with van der Waals surface area (Å²) in [5, 5.41) is 20.4. The lowest BCUT2D eigenvalue weighted by atomic mass is 10.1. The fraction of sp³-hybridized carbons (Fsp3) is 0.667. The third-order valence-electron chi connectivity index (χ3n) is 1.04. The van der Waals surface area contributed by atoms with Gasteiger partial charge in [-0.05, 0) is 20.8 Å². The molecule has 0 fully saturated rings. The number of rotatable bonds is 0. The van der Waals surface area contributed by atoms with E-state index in [0.29, 0.717) is 0 Å². The monoisotopic (exact) mass is 159 g/mol. The molecule has 0 aromatic heterocycles. The van der Waals surface area contributed by atoms with E-state index in [1.165, 1.54) is 20.8 Å². The fourth-order valence-corrected chi connectivity index (χ4v) is 0.622. The van der Waals surface area contributed by atoms with E-state index in [4.69, 9.17) is 0 Å². The predicted molar refractivity (Wildman–Crippen MR) is 32.4 cm³/mol. The molecule has 0 rings (SSSR count). The molecule has 0 bridgehead atoms. The molecule has 0 atom stereocenters. The normalized spacial score (nSPS) is 10.8. The zero-order valence-corrected chi connectivity index (χ0v) is 6.58. The average Bonchev–Trinajstić information content (AvgIpc) is 1.54. The Morgan fingerprint density at radius 2 is 1.36 bits per heavy atom. The SMILES string of the molecule is CC(C)(C)N(C(=O)[O-])C(=O)[O-]. The van der Waals surface area contributed by atoms with Crippen molar-refractivity contribution in [2.75, 3.05) is 0 Å². The van der Waals surface area contributed by atoms with Crippen molar-refractivity contribution < 1.29 is 19.8 Å². The highest BCUT2D eigenvalue weighted by Gasteiger charge is 2.21. The summed E-state index contributed by atoms with van der Waals surface area (Å²) < 4.78 is 0. The first-order chi connectivity index (χ1) is 4.76. The van der Waals surface area contributed by atoms with E-state index in [0.717, 1.165) is 0 Å². The Bertz CT molecular complexity index is 168. The van der Waals surface area contributed by atoms with Gasteiger partial charge in [-0.15, -0.1) is 0 Å². The Hall–Kier alpha value is -1.26. The highest BCUT2D eigenvalue weighted by Crippen LogP contribution is 2.11. The molecule has 0 aromatic carbocycles. The third kappa shape index (κ3) is 2.45. The lowest BCUT2D eigenvalue weighted by molar-refractivity contribution is -0.296. The lowest BCUT2D eigenvalue weighted by Crippen LogP contribution is -2.58. The van der Waals surface area contributed by atoms with Crippen LogP contribution in [0.1, 0.15) is 20.8 Å². The molecule has 0 aromatic rings. The number of nitrogens with zero attached hydrogens (tertiary/aromatic N) is 1. The van der Waals surface area contributed by atoms with Crippen LogP contribution in [0.2, 0.25) is 0 Å². The third-order valence-corrected chi connectivity index (χ3v) is 1.04. The standard InChI is InChI=1S/C6H11NO4/c1-6(2,3)7(4(8)9)5(10)11/h1-3H3,(H,8,9)(H,10,11)/p-2. The molecule has 2 amide bonds. The minimum Gasteiger partial charge on any atom is -0.530 e. The highest BCUT2D eigenvalue weighted by atomic mass is 16.4. The van der Waals surface area contributed by atoms with Crippen LogP contribution in [0.3, 0.4) is 0 Å². The molecule has 5 heteroatoms. The van der Waals surface area contributed by atoms with E-state index in [-0.39, 0.29) is 4.90 Å². The van der Waals surface area contributed by atoms with Gasteiger partial charge in [-0.25, -0.2) is 0 Å². The van der Waals surface area contributed by atoms with E-state index in [1.54, 1.807) is 0 Å². The number of carbonyl (C=O) groups is 2. The predicted octanol–water partition coefficient (Wildman–Crippen LogP) is -1.23. The number of amides is 2. The van der Waals surface area contributed by atoms with Gasteiger partial charge in [0.25, 0.3) is 0 Å². The van der Waals surface area contributed by atoms with E-state index in [1.807, 2.05) is 0 Å². The zero-order chi connectivity index (χ0) is 9.23. The van der Waals surface area contributed by atoms with Gasteiger partial charge in [0.1, 0.15) is 12.2 Å². The number of carboxylic acid groups (broad SMARTS) is 2. The van der Waals surface area contributed by atoms with Crippen LogP contribution in [-0.2, 0) is 0 Å². The molecule has 0 saturated heterocycles. The van der Waals surface area contributed by atoms with E-state index in [9.17, 15) is 19.8 Å². The molecule has 0 radical (unpaired) electrons. The Morgan fingerprint density at radius 1 is 1.09 bits per heavy atom. The first-order valence-corrected chi connectivity index (χ1v) is 2.99. The summed E-state index contributed by atoms with van der Waals surface area (Å²) in [6.45, 7) is 4.29. The smallest absolute Gasteiger partial charge is 0.143 e. The molecule has 0 aliphatic heterocycles. The maximum Gasteiger partial charge on any atom is 0.143 e.